The lowest BCUT2D eigenvalue weighted by Crippen LogP contribution is -2.60. The number of nitrogens with zero attached hydrogens (tertiary/aromatic N) is 3. The van der Waals surface area contributed by atoms with E-state index < -0.39 is 0 Å². The molecule has 0 amide bonds. The molecule has 5 heteroatoms. The normalized spacial score (nSPS) is 14.5. The van der Waals surface area contributed by atoms with Crippen LogP contribution in [0.4, 0.5) is 34.1 Å². The van der Waals surface area contributed by atoms with Crippen molar-refractivity contribution in [2.45, 2.75) is 112 Å². The highest BCUT2D eigenvalue weighted by molar-refractivity contribution is 7.26. The van der Waals surface area contributed by atoms with Gasteiger partial charge in [0.15, 0.2) is 0 Å². The van der Waals surface area contributed by atoms with Gasteiger partial charge in [-0.3, -0.25) is 0 Å². The molecule has 0 fully saturated rings. The van der Waals surface area contributed by atoms with E-state index >= 15 is 0 Å². The molecule has 0 unspecified atom stereocenters. The second-order valence-electron chi connectivity index (χ2n) is 24.7. The molecule has 10 aromatic rings. The predicted molar refractivity (Wildman–Crippen MR) is 313 cm³/mol. The van der Waals surface area contributed by atoms with Gasteiger partial charge in [-0.1, -0.05) is 173 Å². The lowest BCUT2D eigenvalue weighted by atomic mass is 9.33. The summed E-state index contributed by atoms with van der Waals surface area (Å²) in [6.07, 6.45) is 0. The molecular weight excluding hydrogens is 890 g/mol. The van der Waals surface area contributed by atoms with Crippen molar-refractivity contribution in [3.05, 3.63) is 191 Å². The molecule has 0 spiro atoms. The molecule has 13 rings (SSSR count). The Kier molecular flexibility index (Phi) is 9.47. The Bertz CT molecular complexity index is 3890. The van der Waals surface area contributed by atoms with Gasteiger partial charge in [0, 0.05) is 76.2 Å². The van der Waals surface area contributed by atoms with Gasteiger partial charge >= 0.3 is 0 Å². The third kappa shape index (κ3) is 6.35. The Morgan fingerprint density at radius 2 is 1.12 bits per heavy atom. The summed E-state index contributed by atoms with van der Waals surface area (Å²) >= 11 is 1.90. The van der Waals surface area contributed by atoms with Crippen molar-refractivity contribution in [1.82, 2.24) is 4.57 Å². The first-order valence-electron chi connectivity index (χ1n) is 26.0. The minimum absolute atomic E-state index is 0.00128. The minimum Gasteiger partial charge on any atom is -0.311 e. The van der Waals surface area contributed by atoms with Crippen LogP contribution in [0.15, 0.2) is 152 Å². The first-order chi connectivity index (χ1) is 34.2. The van der Waals surface area contributed by atoms with Crippen LogP contribution in [0.5, 0.6) is 0 Å². The summed E-state index contributed by atoms with van der Waals surface area (Å²) in [4.78, 5) is 5.23. The van der Waals surface area contributed by atoms with Crippen LogP contribution in [0, 0.1) is 13.8 Å². The smallest absolute Gasteiger partial charge is 0.252 e. The summed E-state index contributed by atoms with van der Waals surface area (Å²) in [6.45, 7) is 30.5. The van der Waals surface area contributed by atoms with E-state index in [9.17, 15) is 0 Å². The van der Waals surface area contributed by atoms with Crippen LogP contribution in [0.3, 0.4) is 0 Å². The molecule has 0 atom stereocenters. The van der Waals surface area contributed by atoms with Gasteiger partial charge in [0.05, 0.1) is 11.4 Å². The number of aromatic nitrogens is 1. The maximum absolute atomic E-state index is 2.70. The Labute approximate surface area is 430 Å². The van der Waals surface area contributed by atoms with Gasteiger partial charge in [-0.25, -0.2) is 0 Å². The molecule has 0 radical (unpaired) electrons. The molecule has 0 saturated carbocycles. The highest BCUT2D eigenvalue weighted by Crippen LogP contribution is 2.56. The van der Waals surface area contributed by atoms with Crippen LogP contribution in [-0.4, -0.2) is 11.3 Å². The molecule has 0 N–H and O–H groups in total. The van der Waals surface area contributed by atoms with E-state index in [2.05, 4.69) is 256 Å². The average molecular weight is 954 g/mol. The van der Waals surface area contributed by atoms with E-state index in [0.717, 1.165) is 5.69 Å². The maximum Gasteiger partial charge on any atom is 0.252 e. The fraction of sp³-hybridized carbons (Fsp3) is 0.254. The van der Waals surface area contributed by atoms with Crippen LogP contribution in [0.25, 0.3) is 48.0 Å². The van der Waals surface area contributed by atoms with Crippen LogP contribution in [-0.2, 0) is 21.7 Å². The molecule has 72 heavy (non-hydrogen) atoms. The van der Waals surface area contributed by atoms with E-state index in [1.807, 2.05) is 11.3 Å². The summed E-state index contributed by atoms with van der Waals surface area (Å²) in [7, 11) is 0. The van der Waals surface area contributed by atoms with Gasteiger partial charge in [-0.05, 0) is 140 Å². The lowest BCUT2D eigenvalue weighted by Gasteiger charge is -2.42. The maximum atomic E-state index is 2.70. The summed E-state index contributed by atoms with van der Waals surface area (Å²) < 4.78 is 5.31. The molecule has 3 aliphatic rings. The van der Waals surface area contributed by atoms with Crippen molar-refractivity contribution in [3.8, 4) is 16.9 Å². The van der Waals surface area contributed by atoms with Crippen LogP contribution in [0.2, 0.25) is 0 Å². The number of aryl methyl sites for hydroxylation is 2. The third-order valence-electron chi connectivity index (χ3n) is 16.6. The fourth-order valence-corrected chi connectivity index (χ4v) is 14.0. The number of benzene rings is 8. The van der Waals surface area contributed by atoms with E-state index in [1.165, 1.54) is 132 Å². The molecule has 0 saturated heterocycles. The second-order valence-corrected chi connectivity index (χ2v) is 25.8. The molecule has 356 valence electrons. The van der Waals surface area contributed by atoms with Crippen molar-refractivity contribution < 1.29 is 0 Å². The Morgan fingerprint density at radius 3 is 1.81 bits per heavy atom. The van der Waals surface area contributed by atoms with Crippen molar-refractivity contribution in [3.63, 3.8) is 0 Å². The Hall–Kier alpha value is -6.82. The van der Waals surface area contributed by atoms with Gasteiger partial charge in [0.2, 0.25) is 0 Å². The number of para-hydroxylation sites is 1. The standard InChI is InChI=1S/C67H64BN3S/c1-39-34-41(64(3,4)5)28-32-51(39)69(52-33-29-42(35-40(52)2)65(6,7)8)44-30-31-49-54(38-44)70(53-25-19-27-58-59(53)46-21-15-17-26-57(46)72-58)55-36-43(66(9,10)11)37-56-61(55)68(49)50-24-18-22-47-60-63(71(56)62(47)50)45-20-14-16-23-48(45)67(60,12)13/h14-38H,1-13H3. The first kappa shape index (κ1) is 45.1. The Morgan fingerprint density at radius 1 is 0.514 bits per heavy atom. The first-order valence-corrected chi connectivity index (χ1v) is 26.9. The zero-order valence-electron chi connectivity index (χ0n) is 44.3. The van der Waals surface area contributed by atoms with Gasteiger partial charge < -0.3 is 14.4 Å². The number of rotatable bonds is 4. The average Bonchev–Trinajstić information content (AvgIpc) is 3.97. The van der Waals surface area contributed by atoms with Gasteiger partial charge in [-0.2, -0.15) is 0 Å². The zero-order valence-corrected chi connectivity index (χ0v) is 45.1. The quantitative estimate of drug-likeness (QED) is 0.163. The number of anilines is 6. The molecular formula is C67H64BN3S. The summed E-state index contributed by atoms with van der Waals surface area (Å²) in [5, 5.41) is 3.97. The van der Waals surface area contributed by atoms with E-state index in [0.29, 0.717) is 0 Å². The van der Waals surface area contributed by atoms with Gasteiger partial charge in [-0.15, -0.1) is 11.3 Å². The number of fused-ring (bicyclic) bond motifs is 12. The SMILES string of the molecule is Cc1cc(C(C)(C)C)ccc1N(c1ccc2c(c1)N(c1cccc3sc4ccccc4c13)c1cc(C(C)(C)C)cc3c1B2c1cccc2c4c(n-3c12)-c1ccccc1C4(C)C)c1ccc(C(C)(C)C)cc1C. The second kappa shape index (κ2) is 15.1. The fourth-order valence-electron chi connectivity index (χ4n) is 12.9. The number of thiophene rings is 1. The van der Waals surface area contributed by atoms with Crippen molar-refractivity contribution in [2.75, 3.05) is 9.80 Å². The highest BCUT2D eigenvalue weighted by atomic mass is 32.1. The summed E-state index contributed by atoms with van der Waals surface area (Å²) in [5.41, 5.74) is 25.7. The number of hydrogen-bond acceptors (Lipinski definition) is 3. The van der Waals surface area contributed by atoms with E-state index in [-0.39, 0.29) is 28.4 Å². The van der Waals surface area contributed by atoms with Gasteiger partial charge in [0.1, 0.15) is 0 Å². The molecule has 0 bridgehead atoms. The lowest BCUT2D eigenvalue weighted by molar-refractivity contribution is 0.589. The molecule has 1 aliphatic carbocycles. The minimum atomic E-state index is -0.164. The monoisotopic (exact) mass is 953 g/mol. The molecule has 2 aromatic heterocycles. The van der Waals surface area contributed by atoms with Crippen molar-refractivity contribution >= 4 is 99.6 Å². The van der Waals surface area contributed by atoms with Crippen molar-refractivity contribution in [2.24, 2.45) is 0 Å². The van der Waals surface area contributed by atoms with Gasteiger partial charge in [0.25, 0.3) is 6.71 Å². The van der Waals surface area contributed by atoms with E-state index in [1.54, 1.807) is 0 Å². The highest BCUT2D eigenvalue weighted by Gasteiger charge is 2.48. The third-order valence-corrected chi connectivity index (χ3v) is 17.8. The van der Waals surface area contributed by atoms with Crippen molar-refractivity contribution in [1.29, 1.82) is 0 Å². The van der Waals surface area contributed by atoms with Crippen LogP contribution >= 0.6 is 11.3 Å². The van der Waals surface area contributed by atoms with Crippen LogP contribution in [0.1, 0.15) is 115 Å². The molecule has 3 nitrogen and oxygen atoms in total. The predicted octanol–water partition coefficient (Wildman–Crippen LogP) is 16.9. The zero-order chi connectivity index (χ0) is 50.1. The molecule has 4 heterocycles. The largest absolute Gasteiger partial charge is 0.311 e. The van der Waals surface area contributed by atoms with E-state index in [4.69, 9.17) is 0 Å². The van der Waals surface area contributed by atoms with Crippen LogP contribution < -0.4 is 26.2 Å². The Balaban J connectivity index is 1.16. The topological polar surface area (TPSA) is 11.4 Å². The summed E-state index contributed by atoms with van der Waals surface area (Å²) in [6, 6.07) is 59.2. The number of hydrogen-bond donors (Lipinski definition) is 0. The molecule has 2 aliphatic heterocycles. The summed E-state index contributed by atoms with van der Waals surface area (Å²) in [5.74, 6) is 0. The molecule has 8 aromatic carbocycles.